The van der Waals surface area contributed by atoms with Gasteiger partial charge < -0.3 is 5.32 Å². The van der Waals surface area contributed by atoms with E-state index in [9.17, 15) is 13.2 Å². The first-order chi connectivity index (χ1) is 12.7. The van der Waals surface area contributed by atoms with Gasteiger partial charge in [-0.25, -0.2) is 13.8 Å². The predicted molar refractivity (Wildman–Crippen MR) is 107 cm³/mol. The van der Waals surface area contributed by atoms with Crippen molar-refractivity contribution in [3.05, 3.63) is 58.6 Å². The maximum Gasteiger partial charge on any atom is 0.250 e. The van der Waals surface area contributed by atoms with Crippen LogP contribution in [0.3, 0.4) is 0 Å². The summed E-state index contributed by atoms with van der Waals surface area (Å²) in [7, 11) is -3.85. The first-order valence-electron chi connectivity index (χ1n) is 8.39. The van der Waals surface area contributed by atoms with Gasteiger partial charge in [0.25, 0.3) is 10.0 Å². The number of halogens is 1. The molecular weight excluding hydrogens is 388 g/mol. The molecule has 27 heavy (non-hydrogen) atoms. The van der Waals surface area contributed by atoms with E-state index in [2.05, 4.69) is 20.9 Å². The molecular formula is C18H21ClN4O3S. The van der Waals surface area contributed by atoms with E-state index < -0.39 is 27.2 Å². The molecule has 0 aromatic heterocycles. The van der Waals surface area contributed by atoms with E-state index >= 15 is 0 Å². The second-order valence-electron chi connectivity index (χ2n) is 6.58. The zero-order chi connectivity index (χ0) is 19.6. The Morgan fingerprint density at radius 1 is 1.11 bits per heavy atom. The van der Waals surface area contributed by atoms with Gasteiger partial charge in [-0.2, -0.15) is 0 Å². The molecule has 1 amide bonds. The van der Waals surface area contributed by atoms with E-state index in [1.54, 1.807) is 36.4 Å². The average molecular weight is 409 g/mol. The van der Waals surface area contributed by atoms with Crippen molar-refractivity contribution >= 4 is 38.9 Å². The minimum Gasteiger partial charge on any atom is -0.326 e. The van der Waals surface area contributed by atoms with Gasteiger partial charge in [-0.15, -0.1) is 0 Å². The van der Waals surface area contributed by atoms with E-state index in [0.717, 1.165) is 11.1 Å². The molecule has 9 heteroatoms. The zero-order valence-electron chi connectivity index (χ0n) is 14.9. The molecule has 2 aromatic rings. The Hall–Kier alpha value is -2.13. The van der Waals surface area contributed by atoms with Crippen LogP contribution in [-0.2, 0) is 14.8 Å². The number of carbonyl (C=O) groups excluding carboxylic acids is 1. The number of sulfonamides is 1. The Morgan fingerprint density at radius 3 is 2.48 bits per heavy atom. The summed E-state index contributed by atoms with van der Waals surface area (Å²) < 4.78 is 28.2. The van der Waals surface area contributed by atoms with E-state index in [-0.39, 0.29) is 6.54 Å². The van der Waals surface area contributed by atoms with Crippen LogP contribution in [0.15, 0.2) is 42.5 Å². The topological polar surface area (TPSA) is 99.3 Å². The van der Waals surface area contributed by atoms with Gasteiger partial charge in [0.1, 0.15) is 0 Å². The van der Waals surface area contributed by atoms with Crippen molar-refractivity contribution in [3.63, 3.8) is 0 Å². The highest BCUT2D eigenvalue weighted by Gasteiger charge is 2.42. The average Bonchev–Trinajstić information content (AvgIpc) is 3.04. The van der Waals surface area contributed by atoms with Crippen LogP contribution in [0.25, 0.3) is 0 Å². The van der Waals surface area contributed by atoms with Crippen LogP contribution < -0.4 is 20.9 Å². The summed E-state index contributed by atoms with van der Waals surface area (Å²) in [5.41, 5.74) is 8.32. The lowest BCUT2D eigenvalue weighted by atomic mass is 10.1. The molecule has 0 aliphatic carbocycles. The van der Waals surface area contributed by atoms with E-state index in [1.165, 1.54) is 0 Å². The molecule has 2 aromatic carbocycles. The van der Waals surface area contributed by atoms with Crippen molar-refractivity contribution in [1.82, 2.24) is 10.9 Å². The summed E-state index contributed by atoms with van der Waals surface area (Å²) in [4.78, 5) is 12.6. The number of anilines is 2. The zero-order valence-corrected chi connectivity index (χ0v) is 16.5. The van der Waals surface area contributed by atoms with Crippen LogP contribution in [0, 0.1) is 19.8 Å². The fourth-order valence-corrected chi connectivity index (χ4v) is 4.72. The molecule has 1 fully saturated rings. The molecule has 0 radical (unpaired) electrons. The molecule has 1 saturated heterocycles. The molecule has 3 rings (SSSR count). The quantitative estimate of drug-likeness (QED) is 0.608. The molecule has 0 saturated carbocycles. The number of rotatable bonds is 5. The number of benzene rings is 2. The molecule has 144 valence electrons. The first kappa shape index (κ1) is 19.6. The van der Waals surface area contributed by atoms with Gasteiger partial charge in [0.05, 0.1) is 5.92 Å². The maximum atomic E-state index is 12.8. The number of hydrogen-bond donors (Lipinski definition) is 4. The minimum atomic E-state index is -3.85. The summed E-state index contributed by atoms with van der Waals surface area (Å²) >= 11 is 5.92. The summed E-state index contributed by atoms with van der Waals surface area (Å²) in [6.07, 6.45) is 0. The van der Waals surface area contributed by atoms with Crippen LogP contribution in [-0.4, -0.2) is 26.2 Å². The van der Waals surface area contributed by atoms with Crippen molar-refractivity contribution < 1.29 is 13.2 Å². The third-order valence-corrected chi connectivity index (χ3v) is 6.05. The van der Waals surface area contributed by atoms with Gasteiger partial charge in [-0.05, 0) is 55.3 Å². The number of aryl methyl sites for hydroxylation is 2. The molecule has 2 unspecified atom stereocenters. The Labute approximate surface area is 163 Å². The van der Waals surface area contributed by atoms with Gasteiger partial charge in [-0.1, -0.05) is 23.7 Å². The van der Waals surface area contributed by atoms with E-state index in [1.807, 2.05) is 19.9 Å². The predicted octanol–water partition coefficient (Wildman–Crippen LogP) is 2.39. The van der Waals surface area contributed by atoms with Crippen molar-refractivity contribution in [1.29, 1.82) is 0 Å². The standard InChI is InChI=1S/C18H21ClN4O3S/c1-11-6-12(2)8-15(7-11)23-27(25,26)18-16(10-20-22-18)17(24)21-14-5-3-4-13(19)9-14/h3-9,16,18,20,22-23H,10H2,1-2H3,(H,21,24). The van der Waals surface area contributed by atoms with Crippen LogP contribution in [0.2, 0.25) is 5.02 Å². The van der Waals surface area contributed by atoms with Crippen LogP contribution in [0.5, 0.6) is 0 Å². The van der Waals surface area contributed by atoms with Gasteiger partial charge in [0, 0.05) is 22.9 Å². The monoisotopic (exact) mass is 408 g/mol. The molecule has 0 spiro atoms. The van der Waals surface area contributed by atoms with Crippen LogP contribution in [0.1, 0.15) is 11.1 Å². The molecule has 4 N–H and O–H groups in total. The Kier molecular flexibility index (Phi) is 5.71. The molecule has 1 aliphatic heterocycles. The van der Waals surface area contributed by atoms with Gasteiger partial charge in [0.15, 0.2) is 5.37 Å². The maximum absolute atomic E-state index is 12.8. The highest BCUT2D eigenvalue weighted by atomic mass is 35.5. The molecule has 1 heterocycles. The van der Waals surface area contributed by atoms with Crippen molar-refractivity contribution in [2.24, 2.45) is 5.92 Å². The highest BCUT2D eigenvalue weighted by Crippen LogP contribution is 2.22. The Morgan fingerprint density at radius 2 is 1.81 bits per heavy atom. The van der Waals surface area contributed by atoms with Gasteiger partial charge in [0.2, 0.25) is 5.91 Å². The number of nitrogens with one attached hydrogen (secondary N) is 4. The van der Waals surface area contributed by atoms with Crippen LogP contribution >= 0.6 is 11.6 Å². The molecule has 1 aliphatic rings. The number of hydrogen-bond acceptors (Lipinski definition) is 5. The summed E-state index contributed by atoms with van der Waals surface area (Å²) in [6, 6.07) is 12.1. The Balaban J connectivity index is 1.76. The molecule has 0 bridgehead atoms. The second-order valence-corrected chi connectivity index (χ2v) is 8.81. The smallest absolute Gasteiger partial charge is 0.250 e. The summed E-state index contributed by atoms with van der Waals surface area (Å²) in [5.74, 6) is -1.22. The lowest BCUT2D eigenvalue weighted by Gasteiger charge is -2.20. The van der Waals surface area contributed by atoms with Crippen molar-refractivity contribution in [3.8, 4) is 0 Å². The first-order valence-corrected chi connectivity index (χ1v) is 10.3. The summed E-state index contributed by atoms with van der Waals surface area (Å²) in [5, 5.41) is 2.08. The largest absolute Gasteiger partial charge is 0.326 e. The normalized spacial score (nSPS) is 19.7. The minimum absolute atomic E-state index is 0.185. The van der Waals surface area contributed by atoms with Crippen molar-refractivity contribution in [2.75, 3.05) is 16.6 Å². The fourth-order valence-electron chi connectivity index (χ4n) is 3.06. The third-order valence-electron chi connectivity index (χ3n) is 4.18. The number of carbonyl (C=O) groups is 1. The van der Waals surface area contributed by atoms with E-state index in [4.69, 9.17) is 11.6 Å². The fraction of sp³-hybridized carbons (Fsp3) is 0.278. The second kappa shape index (κ2) is 7.85. The highest BCUT2D eigenvalue weighted by molar-refractivity contribution is 7.93. The lowest BCUT2D eigenvalue weighted by molar-refractivity contribution is -0.119. The molecule has 7 nitrogen and oxygen atoms in total. The van der Waals surface area contributed by atoms with E-state index in [0.29, 0.717) is 16.4 Å². The number of hydrazine groups is 1. The Bertz CT molecular complexity index is 945. The van der Waals surface area contributed by atoms with Crippen molar-refractivity contribution in [2.45, 2.75) is 19.2 Å². The summed E-state index contributed by atoms with van der Waals surface area (Å²) in [6.45, 7) is 3.97. The van der Waals surface area contributed by atoms with Gasteiger partial charge >= 0.3 is 0 Å². The third kappa shape index (κ3) is 4.78. The van der Waals surface area contributed by atoms with Gasteiger partial charge in [-0.3, -0.25) is 14.9 Å². The molecule has 2 atom stereocenters. The lowest BCUT2D eigenvalue weighted by Crippen LogP contribution is -2.45. The number of amides is 1. The van der Waals surface area contributed by atoms with Crippen LogP contribution in [0.4, 0.5) is 11.4 Å². The SMILES string of the molecule is Cc1cc(C)cc(NS(=O)(=O)C2NNCC2C(=O)Nc2cccc(Cl)c2)c1.